The standard InChI is InChI=1S/C11H16N2O2/c1-8(2)13-11-4-6-15-5-3-9(11)10(7-14)12-13/h7-8H,3-6H2,1-2H3. The Morgan fingerprint density at radius 2 is 2.13 bits per heavy atom. The van der Waals surface area contributed by atoms with E-state index in [1.54, 1.807) is 0 Å². The molecule has 0 aromatic carbocycles. The summed E-state index contributed by atoms with van der Waals surface area (Å²) in [5.74, 6) is 0. The summed E-state index contributed by atoms with van der Waals surface area (Å²) in [6, 6.07) is 0.297. The van der Waals surface area contributed by atoms with E-state index in [1.807, 2.05) is 4.68 Å². The van der Waals surface area contributed by atoms with Crippen LogP contribution in [0, 0.1) is 0 Å². The van der Waals surface area contributed by atoms with Crippen molar-refractivity contribution in [1.29, 1.82) is 0 Å². The van der Waals surface area contributed by atoms with Crippen LogP contribution in [0.3, 0.4) is 0 Å². The molecule has 0 unspecified atom stereocenters. The first-order chi connectivity index (χ1) is 7.24. The maximum absolute atomic E-state index is 10.9. The number of nitrogens with zero attached hydrogens (tertiary/aromatic N) is 2. The third kappa shape index (κ3) is 1.81. The molecule has 1 aliphatic heterocycles. The summed E-state index contributed by atoms with van der Waals surface area (Å²) in [4.78, 5) is 10.9. The molecule has 0 radical (unpaired) electrons. The molecule has 0 saturated carbocycles. The molecule has 0 N–H and O–H groups in total. The van der Waals surface area contributed by atoms with Crippen LogP contribution in [-0.2, 0) is 17.6 Å². The van der Waals surface area contributed by atoms with Crippen LogP contribution in [0.1, 0.15) is 41.6 Å². The summed E-state index contributed by atoms with van der Waals surface area (Å²) in [5, 5.41) is 4.34. The maximum atomic E-state index is 10.9. The summed E-state index contributed by atoms with van der Waals surface area (Å²) in [6.45, 7) is 5.57. The predicted octanol–water partition coefficient (Wildman–Crippen LogP) is 1.39. The number of aromatic nitrogens is 2. The number of hydrogen-bond acceptors (Lipinski definition) is 3. The van der Waals surface area contributed by atoms with Crippen LogP contribution < -0.4 is 0 Å². The minimum absolute atomic E-state index is 0.297. The van der Waals surface area contributed by atoms with Crippen molar-refractivity contribution in [2.75, 3.05) is 13.2 Å². The van der Waals surface area contributed by atoms with Gasteiger partial charge < -0.3 is 4.74 Å². The molecule has 0 saturated heterocycles. The molecule has 0 fully saturated rings. The Hall–Kier alpha value is -1.16. The monoisotopic (exact) mass is 208 g/mol. The van der Waals surface area contributed by atoms with E-state index in [2.05, 4.69) is 18.9 Å². The highest BCUT2D eigenvalue weighted by Gasteiger charge is 2.20. The molecule has 0 amide bonds. The second kappa shape index (κ2) is 4.14. The molecule has 0 spiro atoms. The molecule has 4 heteroatoms. The van der Waals surface area contributed by atoms with E-state index in [-0.39, 0.29) is 0 Å². The minimum atomic E-state index is 0.297. The van der Waals surface area contributed by atoms with Gasteiger partial charge in [0.05, 0.1) is 13.2 Å². The Bertz CT molecular complexity index is 369. The molecule has 82 valence electrons. The molecule has 2 heterocycles. The minimum Gasteiger partial charge on any atom is -0.381 e. The third-order valence-corrected chi connectivity index (χ3v) is 2.73. The van der Waals surface area contributed by atoms with Crippen LogP contribution in [0.25, 0.3) is 0 Å². The van der Waals surface area contributed by atoms with Gasteiger partial charge in [0.15, 0.2) is 6.29 Å². The van der Waals surface area contributed by atoms with Gasteiger partial charge in [0.25, 0.3) is 0 Å². The number of carbonyl (C=O) groups excluding carboxylic acids is 1. The molecule has 0 atom stereocenters. The van der Waals surface area contributed by atoms with Crippen molar-refractivity contribution in [2.24, 2.45) is 0 Å². The summed E-state index contributed by atoms with van der Waals surface area (Å²) in [6.07, 6.45) is 2.51. The molecule has 1 aliphatic rings. The van der Waals surface area contributed by atoms with Gasteiger partial charge >= 0.3 is 0 Å². The van der Waals surface area contributed by atoms with Gasteiger partial charge in [-0.3, -0.25) is 9.48 Å². The lowest BCUT2D eigenvalue weighted by atomic mass is 10.1. The third-order valence-electron chi connectivity index (χ3n) is 2.73. The summed E-state index contributed by atoms with van der Waals surface area (Å²) in [7, 11) is 0. The van der Waals surface area contributed by atoms with E-state index >= 15 is 0 Å². The van der Waals surface area contributed by atoms with E-state index in [9.17, 15) is 4.79 Å². The molecule has 2 rings (SSSR count). The SMILES string of the molecule is CC(C)n1nc(C=O)c2c1CCOCC2. The zero-order chi connectivity index (χ0) is 10.8. The van der Waals surface area contributed by atoms with Crippen molar-refractivity contribution >= 4 is 6.29 Å². The zero-order valence-corrected chi connectivity index (χ0v) is 9.19. The van der Waals surface area contributed by atoms with E-state index in [1.165, 1.54) is 5.69 Å². The normalized spacial score (nSPS) is 16.2. The van der Waals surface area contributed by atoms with Gasteiger partial charge in [-0.25, -0.2) is 0 Å². The first-order valence-corrected chi connectivity index (χ1v) is 5.37. The molecule has 4 nitrogen and oxygen atoms in total. The van der Waals surface area contributed by atoms with Gasteiger partial charge in [0.2, 0.25) is 0 Å². The fourth-order valence-electron chi connectivity index (χ4n) is 2.03. The molecule has 1 aromatic heterocycles. The molecular formula is C11H16N2O2. The van der Waals surface area contributed by atoms with Gasteiger partial charge in [0.1, 0.15) is 5.69 Å². The molecule has 15 heavy (non-hydrogen) atoms. The Kier molecular flexibility index (Phi) is 2.86. The summed E-state index contributed by atoms with van der Waals surface area (Å²) < 4.78 is 7.36. The number of hydrogen-bond donors (Lipinski definition) is 0. The molecule has 0 aliphatic carbocycles. The fraction of sp³-hybridized carbons (Fsp3) is 0.636. The van der Waals surface area contributed by atoms with Crippen molar-refractivity contribution in [2.45, 2.75) is 32.7 Å². The van der Waals surface area contributed by atoms with Crippen molar-refractivity contribution in [1.82, 2.24) is 9.78 Å². The lowest BCUT2D eigenvalue weighted by Gasteiger charge is -2.10. The van der Waals surface area contributed by atoms with Gasteiger partial charge in [-0.2, -0.15) is 5.10 Å². The average molecular weight is 208 g/mol. The Morgan fingerprint density at radius 3 is 2.80 bits per heavy atom. The maximum Gasteiger partial charge on any atom is 0.170 e. The van der Waals surface area contributed by atoms with Crippen molar-refractivity contribution in [3.05, 3.63) is 17.0 Å². The first kappa shape index (κ1) is 10.4. The molecule has 0 bridgehead atoms. The average Bonchev–Trinajstić information content (AvgIpc) is 2.41. The van der Waals surface area contributed by atoms with Crippen LogP contribution in [0.4, 0.5) is 0 Å². The van der Waals surface area contributed by atoms with Crippen LogP contribution >= 0.6 is 0 Å². The van der Waals surface area contributed by atoms with Crippen molar-refractivity contribution in [3.63, 3.8) is 0 Å². The number of rotatable bonds is 2. The van der Waals surface area contributed by atoms with Crippen LogP contribution in [0.5, 0.6) is 0 Å². The number of fused-ring (bicyclic) bond motifs is 1. The van der Waals surface area contributed by atoms with E-state index < -0.39 is 0 Å². The van der Waals surface area contributed by atoms with Crippen LogP contribution in [-0.4, -0.2) is 29.3 Å². The van der Waals surface area contributed by atoms with Crippen LogP contribution in [0.15, 0.2) is 0 Å². The number of carbonyl (C=O) groups is 1. The van der Waals surface area contributed by atoms with E-state index in [0.717, 1.165) is 31.3 Å². The molecular weight excluding hydrogens is 192 g/mol. The van der Waals surface area contributed by atoms with E-state index in [0.29, 0.717) is 18.3 Å². The van der Waals surface area contributed by atoms with Gasteiger partial charge in [0, 0.05) is 23.7 Å². The lowest BCUT2D eigenvalue weighted by molar-refractivity contribution is 0.111. The Morgan fingerprint density at radius 1 is 1.40 bits per heavy atom. The van der Waals surface area contributed by atoms with Crippen molar-refractivity contribution < 1.29 is 9.53 Å². The smallest absolute Gasteiger partial charge is 0.170 e. The van der Waals surface area contributed by atoms with Gasteiger partial charge in [-0.05, 0) is 20.3 Å². The highest BCUT2D eigenvalue weighted by Crippen LogP contribution is 2.21. The lowest BCUT2D eigenvalue weighted by Crippen LogP contribution is -2.09. The topological polar surface area (TPSA) is 44.1 Å². The predicted molar refractivity (Wildman–Crippen MR) is 56.2 cm³/mol. The second-order valence-corrected chi connectivity index (χ2v) is 4.08. The Labute approximate surface area is 89.2 Å². The largest absolute Gasteiger partial charge is 0.381 e. The highest BCUT2D eigenvalue weighted by atomic mass is 16.5. The van der Waals surface area contributed by atoms with Gasteiger partial charge in [-0.1, -0.05) is 0 Å². The second-order valence-electron chi connectivity index (χ2n) is 4.08. The van der Waals surface area contributed by atoms with Crippen molar-refractivity contribution in [3.8, 4) is 0 Å². The summed E-state index contributed by atoms with van der Waals surface area (Å²) >= 11 is 0. The van der Waals surface area contributed by atoms with E-state index in [4.69, 9.17) is 4.74 Å². The highest BCUT2D eigenvalue weighted by molar-refractivity contribution is 5.74. The number of ether oxygens (including phenoxy) is 1. The molecule has 1 aromatic rings. The summed E-state index contributed by atoms with van der Waals surface area (Å²) in [5.41, 5.74) is 2.84. The number of aldehydes is 1. The van der Waals surface area contributed by atoms with Crippen LogP contribution in [0.2, 0.25) is 0 Å². The van der Waals surface area contributed by atoms with Gasteiger partial charge in [-0.15, -0.1) is 0 Å². The zero-order valence-electron chi connectivity index (χ0n) is 9.19. The fourth-order valence-corrected chi connectivity index (χ4v) is 2.03. The Balaban J connectivity index is 2.49. The quantitative estimate of drug-likeness (QED) is 0.690. The first-order valence-electron chi connectivity index (χ1n) is 5.37.